The normalized spacial score (nSPS) is 14.9. The maximum atomic E-state index is 12.4. The van der Waals surface area contributed by atoms with Crippen molar-refractivity contribution in [3.8, 4) is 5.75 Å². The molecule has 0 bridgehead atoms. The van der Waals surface area contributed by atoms with Gasteiger partial charge in [-0.05, 0) is 38.8 Å². The Morgan fingerprint density at radius 1 is 1.26 bits per heavy atom. The fraction of sp³-hybridized carbons (Fsp3) is 0.444. The van der Waals surface area contributed by atoms with Crippen molar-refractivity contribution in [1.29, 1.82) is 0 Å². The van der Waals surface area contributed by atoms with E-state index < -0.39 is 0 Å². The van der Waals surface area contributed by atoms with E-state index in [1.807, 2.05) is 31.2 Å². The summed E-state index contributed by atoms with van der Waals surface area (Å²) in [6.07, 6.45) is 4.42. The van der Waals surface area contributed by atoms with Crippen molar-refractivity contribution in [2.45, 2.75) is 52.2 Å². The first-order valence-electron chi connectivity index (χ1n) is 8.09. The number of benzene rings is 1. The number of aromatic nitrogens is 1. The van der Waals surface area contributed by atoms with Crippen molar-refractivity contribution >= 4 is 5.91 Å². The first kappa shape index (κ1) is 15.6. The van der Waals surface area contributed by atoms with Gasteiger partial charge in [-0.15, -0.1) is 0 Å². The van der Waals surface area contributed by atoms with Gasteiger partial charge in [0.25, 0.3) is 5.91 Å². The second-order valence-electron chi connectivity index (χ2n) is 6.12. The summed E-state index contributed by atoms with van der Waals surface area (Å²) in [7, 11) is 0. The van der Waals surface area contributed by atoms with Gasteiger partial charge in [0.05, 0.1) is 5.56 Å². The Morgan fingerprint density at radius 3 is 2.65 bits per heavy atom. The Kier molecular flexibility index (Phi) is 4.65. The average Bonchev–Trinajstić information content (AvgIpc) is 3.16. The van der Waals surface area contributed by atoms with Crippen molar-refractivity contribution in [3.63, 3.8) is 0 Å². The highest BCUT2D eigenvalue weighted by molar-refractivity contribution is 5.94. The highest BCUT2D eigenvalue weighted by atomic mass is 16.5. The minimum atomic E-state index is -0.170. The van der Waals surface area contributed by atoms with Gasteiger partial charge in [-0.3, -0.25) is 4.79 Å². The molecule has 1 aromatic heterocycles. The van der Waals surface area contributed by atoms with Gasteiger partial charge in [-0.25, -0.2) is 0 Å². The van der Waals surface area contributed by atoms with Crippen molar-refractivity contribution in [2.24, 2.45) is 0 Å². The molecule has 23 heavy (non-hydrogen) atoms. The molecule has 1 amide bonds. The summed E-state index contributed by atoms with van der Waals surface area (Å²) in [5.74, 6) is 1.21. The largest absolute Gasteiger partial charge is 0.489 e. The second-order valence-corrected chi connectivity index (χ2v) is 6.12. The highest BCUT2D eigenvalue weighted by Crippen LogP contribution is 2.21. The van der Waals surface area contributed by atoms with Crippen LogP contribution >= 0.6 is 0 Å². The van der Waals surface area contributed by atoms with Crippen LogP contribution in [-0.2, 0) is 6.61 Å². The van der Waals surface area contributed by atoms with Crippen molar-refractivity contribution in [2.75, 3.05) is 0 Å². The van der Waals surface area contributed by atoms with Gasteiger partial charge < -0.3 is 14.6 Å². The number of nitrogens with one attached hydrogen (secondary N) is 1. The number of ether oxygens (including phenoxy) is 1. The lowest BCUT2D eigenvalue weighted by molar-refractivity contribution is 0.0926. The van der Waals surface area contributed by atoms with E-state index in [2.05, 4.69) is 10.5 Å². The zero-order valence-corrected chi connectivity index (χ0v) is 13.6. The molecule has 0 aliphatic heterocycles. The van der Waals surface area contributed by atoms with Crippen LogP contribution in [0.3, 0.4) is 0 Å². The van der Waals surface area contributed by atoms with Crippen LogP contribution in [0, 0.1) is 13.8 Å². The highest BCUT2D eigenvalue weighted by Gasteiger charge is 2.24. The summed E-state index contributed by atoms with van der Waals surface area (Å²) < 4.78 is 11.0. The Morgan fingerprint density at radius 2 is 1.96 bits per heavy atom. The summed E-state index contributed by atoms with van der Waals surface area (Å²) in [5, 5.41) is 6.95. The van der Waals surface area contributed by atoms with Crippen LogP contribution in [0.2, 0.25) is 0 Å². The number of hydrogen-bond donors (Lipinski definition) is 1. The summed E-state index contributed by atoms with van der Waals surface area (Å²) in [6, 6.07) is 8.06. The number of hydrogen-bond acceptors (Lipinski definition) is 4. The van der Waals surface area contributed by atoms with E-state index in [0.29, 0.717) is 17.0 Å². The van der Waals surface area contributed by atoms with E-state index in [9.17, 15) is 4.79 Å². The average molecular weight is 314 g/mol. The molecule has 2 aromatic rings. The van der Waals surface area contributed by atoms with Gasteiger partial charge >= 0.3 is 0 Å². The maximum Gasteiger partial charge on any atom is 0.274 e. The Labute approximate surface area is 136 Å². The number of nitrogens with zero attached hydrogens (tertiary/aromatic N) is 1. The van der Waals surface area contributed by atoms with E-state index in [1.54, 1.807) is 6.92 Å². The van der Waals surface area contributed by atoms with Crippen LogP contribution in [0.25, 0.3) is 0 Å². The third-order valence-corrected chi connectivity index (χ3v) is 4.29. The molecule has 1 aromatic carbocycles. The molecule has 1 saturated carbocycles. The van der Waals surface area contributed by atoms with E-state index in [-0.39, 0.29) is 18.6 Å². The molecular weight excluding hydrogens is 292 g/mol. The van der Waals surface area contributed by atoms with Crippen LogP contribution in [0.1, 0.15) is 53.1 Å². The van der Waals surface area contributed by atoms with Gasteiger partial charge in [0.2, 0.25) is 0 Å². The smallest absolute Gasteiger partial charge is 0.274 e. The quantitative estimate of drug-likeness (QED) is 0.916. The lowest BCUT2D eigenvalue weighted by Crippen LogP contribution is -2.33. The lowest BCUT2D eigenvalue weighted by Gasteiger charge is -2.11. The van der Waals surface area contributed by atoms with Crippen molar-refractivity contribution < 1.29 is 14.1 Å². The Hall–Kier alpha value is -2.30. The van der Waals surface area contributed by atoms with Gasteiger partial charge in [0.1, 0.15) is 18.1 Å². The SMILES string of the molecule is Cc1ccc(OCc2c(C(=O)NC3CCCC3)noc2C)cc1. The molecular formula is C18H22N2O3. The van der Waals surface area contributed by atoms with Crippen LogP contribution in [0.4, 0.5) is 0 Å². The summed E-state index contributed by atoms with van der Waals surface area (Å²) >= 11 is 0. The van der Waals surface area contributed by atoms with Crippen LogP contribution in [0.15, 0.2) is 28.8 Å². The molecule has 3 rings (SSSR count). The molecule has 122 valence electrons. The van der Waals surface area contributed by atoms with Gasteiger partial charge in [-0.2, -0.15) is 0 Å². The van der Waals surface area contributed by atoms with Crippen LogP contribution in [-0.4, -0.2) is 17.1 Å². The third kappa shape index (κ3) is 3.73. The monoisotopic (exact) mass is 314 g/mol. The number of rotatable bonds is 5. The molecule has 1 aliphatic rings. The number of amides is 1. The summed E-state index contributed by atoms with van der Waals surface area (Å²) in [4.78, 5) is 12.4. The minimum Gasteiger partial charge on any atom is -0.489 e. The summed E-state index contributed by atoms with van der Waals surface area (Å²) in [6.45, 7) is 4.10. The zero-order valence-electron chi connectivity index (χ0n) is 13.6. The zero-order chi connectivity index (χ0) is 16.2. The maximum absolute atomic E-state index is 12.4. The second kappa shape index (κ2) is 6.86. The molecule has 0 spiro atoms. The van der Waals surface area contributed by atoms with Crippen LogP contribution < -0.4 is 10.1 Å². The van der Waals surface area contributed by atoms with Gasteiger partial charge in [0, 0.05) is 6.04 Å². The predicted octanol–water partition coefficient (Wildman–Crippen LogP) is 3.54. The molecule has 0 radical (unpaired) electrons. The standard InChI is InChI=1S/C18H22N2O3/c1-12-7-9-15(10-8-12)22-11-16-13(2)23-20-17(16)18(21)19-14-5-3-4-6-14/h7-10,14H,3-6,11H2,1-2H3,(H,19,21). The van der Waals surface area contributed by atoms with E-state index in [4.69, 9.17) is 9.26 Å². The van der Waals surface area contributed by atoms with E-state index in [1.165, 1.54) is 18.4 Å². The Balaban J connectivity index is 1.67. The van der Waals surface area contributed by atoms with Gasteiger partial charge in [0.15, 0.2) is 5.69 Å². The molecule has 0 saturated heterocycles. The number of carbonyl (C=O) groups excluding carboxylic acids is 1. The molecule has 1 heterocycles. The van der Waals surface area contributed by atoms with Crippen LogP contribution in [0.5, 0.6) is 5.75 Å². The molecule has 1 fully saturated rings. The molecule has 0 unspecified atom stereocenters. The Bertz CT molecular complexity index is 670. The number of carbonyl (C=O) groups is 1. The third-order valence-electron chi connectivity index (χ3n) is 4.29. The molecule has 5 heteroatoms. The number of aryl methyl sites for hydroxylation is 2. The van der Waals surface area contributed by atoms with Crippen molar-refractivity contribution in [3.05, 3.63) is 46.8 Å². The predicted molar refractivity (Wildman–Crippen MR) is 86.5 cm³/mol. The molecule has 0 atom stereocenters. The van der Waals surface area contributed by atoms with E-state index >= 15 is 0 Å². The molecule has 1 N–H and O–H groups in total. The fourth-order valence-electron chi connectivity index (χ4n) is 2.85. The fourth-order valence-corrected chi connectivity index (χ4v) is 2.85. The van der Waals surface area contributed by atoms with Crippen molar-refractivity contribution in [1.82, 2.24) is 10.5 Å². The molecule has 1 aliphatic carbocycles. The first-order valence-corrected chi connectivity index (χ1v) is 8.09. The molecule has 5 nitrogen and oxygen atoms in total. The lowest BCUT2D eigenvalue weighted by atomic mass is 10.1. The van der Waals surface area contributed by atoms with Gasteiger partial charge in [-0.1, -0.05) is 35.7 Å². The summed E-state index contributed by atoms with van der Waals surface area (Å²) in [5.41, 5.74) is 2.22. The minimum absolute atomic E-state index is 0.170. The topological polar surface area (TPSA) is 64.4 Å². The first-order chi connectivity index (χ1) is 11.1. The van der Waals surface area contributed by atoms with E-state index in [0.717, 1.165) is 18.6 Å².